The number of aryl methyl sites for hydroxylation is 1. The number of aromatic carboxylic acids is 1. The molecule has 0 aromatic carbocycles. The Morgan fingerprint density at radius 1 is 1.50 bits per heavy atom. The van der Waals surface area contributed by atoms with E-state index in [1.165, 1.54) is 11.3 Å². The molecule has 0 radical (unpaired) electrons. The second-order valence-corrected chi connectivity index (χ2v) is 4.87. The number of rotatable bonds is 2. The number of hydrogen-bond acceptors (Lipinski definition) is 4. The van der Waals surface area contributed by atoms with Gasteiger partial charge in [-0.15, -0.1) is 22.7 Å². The summed E-state index contributed by atoms with van der Waals surface area (Å²) < 4.78 is 0. The van der Waals surface area contributed by atoms with Crippen LogP contribution >= 0.6 is 22.7 Å². The molecule has 0 amide bonds. The largest absolute Gasteiger partial charge is 0.477 e. The van der Waals surface area contributed by atoms with Crippen molar-refractivity contribution in [1.82, 2.24) is 4.98 Å². The summed E-state index contributed by atoms with van der Waals surface area (Å²) in [6, 6.07) is 3.40. The van der Waals surface area contributed by atoms with Gasteiger partial charge in [-0.25, -0.2) is 9.78 Å². The van der Waals surface area contributed by atoms with Gasteiger partial charge in [-0.05, 0) is 19.1 Å². The van der Waals surface area contributed by atoms with Crippen molar-refractivity contribution >= 4 is 28.6 Å². The zero-order valence-corrected chi connectivity index (χ0v) is 8.98. The topological polar surface area (TPSA) is 50.2 Å². The average Bonchev–Trinajstić information content (AvgIpc) is 2.70. The summed E-state index contributed by atoms with van der Waals surface area (Å²) in [7, 11) is 0. The van der Waals surface area contributed by atoms with Crippen molar-refractivity contribution in [3.63, 3.8) is 0 Å². The highest BCUT2D eigenvalue weighted by molar-refractivity contribution is 7.17. The molecule has 2 rings (SSSR count). The standard InChI is InChI=1S/C9H7NO2S2/c1-5-10-6(4-13-5)7-2-3-8(14-7)9(11)12/h2-4H,1H3,(H,11,12). The molecule has 0 saturated carbocycles. The maximum absolute atomic E-state index is 10.6. The van der Waals surface area contributed by atoms with E-state index < -0.39 is 5.97 Å². The van der Waals surface area contributed by atoms with Crippen molar-refractivity contribution in [2.24, 2.45) is 0 Å². The second kappa shape index (κ2) is 3.51. The monoisotopic (exact) mass is 225 g/mol. The molecule has 0 aliphatic rings. The summed E-state index contributed by atoms with van der Waals surface area (Å²) in [6.07, 6.45) is 0. The molecule has 0 saturated heterocycles. The fourth-order valence-electron chi connectivity index (χ4n) is 1.07. The number of hydrogen-bond donors (Lipinski definition) is 1. The lowest BCUT2D eigenvalue weighted by atomic mass is 10.4. The number of carboxylic acids is 1. The first-order valence-electron chi connectivity index (χ1n) is 3.92. The highest BCUT2D eigenvalue weighted by atomic mass is 32.1. The summed E-state index contributed by atoms with van der Waals surface area (Å²) in [5.74, 6) is -0.881. The smallest absolute Gasteiger partial charge is 0.345 e. The van der Waals surface area contributed by atoms with Crippen LogP contribution in [0.2, 0.25) is 0 Å². The van der Waals surface area contributed by atoms with E-state index in [1.807, 2.05) is 12.3 Å². The summed E-state index contributed by atoms with van der Waals surface area (Å²) in [5.41, 5.74) is 0.866. The molecule has 0 bridgehead atoms. The van der Waals surface area contributed by atoms with Crippen LogP contribution in [-0.2, 0) is 0 Å². The van der Waals surface area contributed by atoms with Crippen molar-refractivity contribution in [3.05, 3.63) is 27.4 Å². The fourth-order valence-corrected chi connectivity index (χ4v) is 2.56. The number of carboxylic acid groups (broad SMARTS) is 1. The van der Waals surface area contributed by atoms with Crippen LogP contribution in [0.5, 0.6) is 0 Å². The molecule has 0 spiro atoms. The number of thiazole rings is 1. The van der Waals surface area contributed by atoms with E-state index in [9.17, 15) is 4.79 Å². The molecule has 0 fully saturated rings. The molecule has 2 aromatic rings. The quantitative estimate of drug-likeness (QED) is 0.855. The molecule has 3 nitrogen and oxygen atoms in total. The van der Waals surface area contributed by atoms with Gasteiger partial charge in [-0.3, -0.25) is 0 Å². The van der Waals surface area contributed by atoms with Gasteiger partial charge in [-0.2, -0.15) is 0 Å². The van der Waals surface area contributed by atoms with Gasteiger partial charge in [0.05, 0.1) is 15.6 Å². The van der Waals surface area contributed by atoms with E-state index in [-0.39, 0.29) is 0 Å². The Labute approximate surface area is 88.7 Å². The SMILES string of the molecule is Cc1nc(-c2ccc(C(=O)O)s2)cs1. The van der Waals surface area contributed by atoms with E-state index in [0.29, 0.717) is 4.88 Å². The van der Waals surface area contributed by atoms with Gasteiger partial charge in [-0.1, -0.05) is 0 Å². The summed E-state index contributed by atoms with van der Waals surface area (Å²) in [4.78, 5) is 16.2. The Morgan fingerprint density at radius 2 is 2.29 bits per heavy atom. The molecule has 0 atom stereocenters. The van der Waals surface area contributed by atoms with Crippen molar-refractivity contribution in [1.29, 1.82) is 0 Å². The van der Waals surface area contributed by atoms with Crippen LogP contribution in [0.1, 0.15) is 14.7 Å². The van der Waals surface area contributed by atoms with Crippen LogP contribution in [0.4, 0.5) is 0 Å². The van der Waals surface area contributed by atoms with E-state index in [2.05, 4.69) is 4.98 Å². The van der Waals surface area contributed by atoms with Gasteiger partial charge in [0.1, 0.15) is 4.88 Å². The molecule has 5 heteroatoms. The first-order valence-corrected chi connectivity index (χ1v) is 5.62. The predicted octanol–water partition coefficient (Wildman–Crippen LogP) is 2.88. The van der Waals surface area contributed by atoms with Crippen LogP contribution < -0.4 is 0 Å². The zero-order chi connectivity index (χ0) is 10.1. The minimum Gasteiger partial charge on any atom is -0.477 e. The van der Waals surface area contributed by atoms with Gasteiger partial charge in [0.25, 0.3) is 0 Å². The van der Waals surface area contributed by atoms with E-state index in [4.69, 9.17) is 5.11 Å². The molecular weight excluding hydrogens is 218 g/mol. The molecule has 1 N–H and O–H groups in total. The molecule has 14 heavy (non-hydrogen) atoms. The van der Waals surface area contributed by atoms with Crippen molar-refractivity contribution in [3.8, 4) is 10.6 Å². The van der Waals surface area contributed by atoms with Gasteiger partial charge < -0.3 is 5.11 Å². The normalized spacial score (nSPS) is 10.4. The van der Waals surface area contributed by atoms with Crippen molar-refractivity contribution in [2.75, 3.05) is 0 Å². The highest BCUT2D eigenvalue weighted by Crippen LogP contribution is 2.28. The maximum Gasteiger partial charge on any atom is 0.345 e. The number of thiophene rings is 1. The van der Waals surface area contributed by atoms with E-state index >= 15 is 0 Å². The third-order valence-corrected chi connectivity index (χ3v) is 3.56. The molecule has 0 unspecified atom stereocenters. The highest BCUT2D eigenvalue weighted by Gasteiger charge is 2.09. The Bertz CT molecular complexity index is 473. The molecule has 0 aliphatic heterocycles. The minimum absolute atomic E-state index is 0.352. The molecule has 0 aliphatic carbocycles. The van der Waals surface area contributed by atoms with Crippen molar-refractivity contribution < 1.29 is 9.90 Å². The van der Waals surface area contributed by atoms with E-state index in [1.54, 1.807) is 23.5 Å². The molecule has 72 valence electrons. The Kier molecular flexibility index (Phi) is 2.35. The summed E-state index contributed by atoms with van der Waals surface area (Å²) >= 11 is 2.82. The molecule has 2 heterocycles. The zero-order valence-electron chi connectivity index (χ0n) is 7.35. The number of aromatic nitrogens is 1. The van der Waals surface area contributed by atoms with Crippen LogP contribution in [0.25, 0.3) is 10.6 Å². The van der Waals surface area contributed by atoms with Crippen LogP contribution in [0.15, 0.2) is 17.5 Å². The van der Waals surface area contributed by atoms with E-state index in [0.717, 1.165) is 15.6 Å². The number of carbonyl (C=O) groups is 1. The first kappa shape index (κ1) is 9.36. The first-order chi connectivity index (χ1) is 6.66. The van der Waals surface area contributed by atoms with Gasteiger partial charge in [0, 0.05) is 5.38 Å². The van der Waals surface area contributed by atoms with Gasteiger partial charge in [0.15, 0.2) is 0 Å². The van der Waals surface area contributed by atoms with Crippen LogP contribution in [-0.4, -0.2) is 16.1 Å². The maximum atomic E-state index is 10.6. The minimum atomic E-state index is -0.881. The Morgan fingerprint density at radius 3 is 2.79 bits per heavy atom. The van der Waals surface area contributed by atoms with Gasteiger partial charge in [0.2, 0.25) is 0 Å². The average molecular weight is 225 g/mol. The molecular formula is C9H7NO2S2. The molecule has 2 aromatic heterocycles. The fraction of sp³-hybridized carbons (Fsp3) is 0.111. The third-order valence-electron chi connectivity index (χ3n) is 1.69. The number of nitrogens with zero attached hydrogens (tertiary/aromatic N) is 1. The summed E-state index contributed by atoms with van der Waals surface area (Å²) in [6.45, 7) is 1.93. The lowest BCUT2D eigenvalue weighted by Crippen LogP contribution is -1.89. The lowest BCUT2D eigenvalue weighted by molar-refractivity contribution is 0.0702. The summed E-state index contributed by atoms with van der Waals surface area (Å²) in [5, 5.41) is 11.7. The Hall–Kier alpha value is -1.20. The van der Waals surface area contributed by atoms with Gasteiger partial charge >= 0.3 is 5.97 Å². The van der Waals surface area contributed by atoms with Crippen LogP contribution in [0.3, 0.4) is 0 Å². The predicted molar refractivity (Wildman–Crippen MR) is 57.1 cm³/mol. The van der Waals surface area contributed by atoms with Crippen LogP contribution in [0, 0.1) is 6.92 Å². The Balaban J connectivity index is 2.38. The van der Waals surface area contributed by atoms with Crippen molar-refractivity contribution in [2.45, 2.75) is 6.92 Å². The lowest BCUT2D eigenvalue weighted by Gasteiger charge is -1.87. The third kappa shape index (κ3) is 1.69. The second-order valence-electron chi connectivity index (χ2n) is 2.72.